The summed E-state index contributed by atoms with van der Waals surface area (Å²) in [6.45, 7) is 12.4. The Bertz CT molecular complexity index is 407. The minimum absolute atomic E-state index is 0.0502. The summed E-state index contributed by atoms with van der Waals surface area (Å²) in [4.78, 5) is 17.1. The van der Waals surface area contributed by atoms with Crippen molar-refractivity contribution < 1.29 is 4.79 Å². The Labute approximate surface area is 120 Å². The van der Waals surface area contributed by atoms with E-state index in [1.807, 2.05) is 6.20 Å². The van der Waals surface area contributed by atoms with Gasteiger partial charge in [0.05, 0.1) is 11.6 Å². The third kappa shape index (κ3) is 6.16. The van der Waals surface area contributed by atoms with E-state index in [9.17, 15) is 4.79 Å². The zero-order valence-corrected chi connectivity index (χ0v) is 13.4. The van der Waals surface area contributed by atoms with Crippen LogP contribution in [0.5, 0.6) is 0 Å². The van der Waals surface area contributed by atoms with E-state index in [1.165, 1.54) is 4.88 Å². The predicted molar refractivity (Wildman–Crippen MR) is 80.4 cm³/mol. The molecule has 0 saturated heterocycles. The van der Waals surface area contributed by atoms with E-state index >= 15 is 0 Å². The summed E-state index contributed by atoms with van der Waals surface area (Å²) in [5.74, 6) is 0.536. The number of thiazole rings is 1. The van der Waals surface area contributed by atoms with Gasteiger partial charge in [0.1, 0.15) is 0 Å². The van der Waals surface area contributed by atoms with Crippen molar-refractivity contribution in [3.63, 3.8) is 0 Å². The third-order valence-electron chi connectivity index (χ3n) is 2.49. The van der Waals surface area contributed by atoms with Crippen LogP contribution in [0.3, 0.4) is 0 Å². The summed E-state index contributed by atoms with van der Waals surface area (Å²) in [5.41, 5.74) is 0.0948. The minimum Gasteiger partial charge on any atom is -0.355 e. The van der Waals surface area contributed by atoms with E-state index in [0.29, 0.717) is 19.0 Å². The summed E-state index contributed by atoms with van der Waals surface area (Å²) in [6, 6.07) is 0. The molecule has 0 aromatic carbocycles. The molecule has 19 heavy (non-hydrogen) atoms. The van der Waals surface area contributed by atoms with Crippen molar-refractivity contribution in [2.75, 3.05) is 13.1 Å². The Morgan fingerprint density at radius 1 is 1.42 bits per heavy atom. The normalized spacial score (nSPS) is 11.9. The van der Waals surface area contributed by atoms with Crippen LogP contribution in [0.25, 0.3) is 0 Å². The van der Waals surface area contributed by atoms with Gasteiger partial charge in [-0.15, -0.1) is 11.3 Å². The van der Waals surface area contributed by atoms with Crippen molar-refractivity contribution in [2.24, 2.45) is 5.92 Å². The van der Waals surface area contributed by atoms with Crippen LogP contribution in [0.1, 0.15) is 44.5 Å². The Hall–Kier alpha value is -0.940. The number of nitrogens with zero attached hydrogens (tertiary/aromatic N) is 1. The molecule has 1 rings (SSSR count). The van der Waals surface area contributed by atoms with Gasteiger partial charge in [-0.25, -0.2) is 4.98 Å². The van der Waals surface area contributed by atoms with Crippen LogP contribution >= 0.6 is 11.3 Å². The molecule has 0 fully saturated rings. The number of aromatic nitrogens is 1. The van der Waals surface area contributed by atoms with Crippen molar-refractivity contribution in [3.05, 3.63) is 16.1 Å². The van der Waals surface area contributed by atoms with Gasteiger partial charge in [0, 0.05) is 29.6 Å². The van der Waals surface area contributed by atoms with Crippen molar-refractivity contribution in [1.82, 2.24) is 15.6 Å². The number of carbonyl (C=O) groups excluding carboxylic acids is 1. The molecule has 0 radical (unpaired) electrons. The molecule has 1 aromatic rings. The topological polar surface area (TPSA) is 54.0 Å². The first-order valence-corrected chi connectivity index (χ1v) is 7.53. The Balaban J connectivity index is 2.30. The summed E-state index contributed by atoms with van der Waals surface area (Å²) in [7, 11) is 0. The lowest BCUT2D eigenvalue weighted by molar-refractivity contribution is -0.120. The standard InChI is InChI=1S/C14H25N3OS/c1-10(2)6-16-12(18)9-15-7-11-8-17-13(19-11)14(3,4)5/h8,10,15H,6-7,9H2,1-5H3,(H,16,18). The fraction of sp³-hybridized carbons (Fsp3) is 0.714. The zero-order chi connectivity index (χ0) is 14.5. The quantitative estimate of drug-likeness (QED) is 0.842. The molecule has 0 aliphatic carbocycles. The van der Waals surface area contributed by atoms with E-state index in [1.54, 1.807) is 11.3 Å². The predicted octanol–water partition coefficient (Wildman–Crippen LogP) is 2.30. The lowest BCUT2D eigenvalue weighted by atomic mass is 9.98. The molecule has 0 bridgehead atoms. The van der Waals surface area contributed by atoms with Crippen LogP contribution in [0.4, 0.5) is 0 Å². The lowest BCUT2D eigenvalue weighted by Crippen LogP contribution is -2.35. The van der Waals surface area contributed by atoms with Crippen LogP contribution in [0.15, 0.2) is 6.20 Å². The highest BCUT2D eigenvalue weighted by atomic mass is 32.1. The second-order valence-electron chi connectivity index (χ2n) is 6.18. The van der Waals surface area contributed by atoms with Crippen LogP contribution in [-0.2, 0) is 16.8 Å². The highest BCUT2D eigenvalue weighted by Gasteiger charge is 2.17. The molecule has 0 aliphatic heterocycles. The monoisotopic (exact) mass is 283 g/mol. The molecule has 1 aromatic heterocycles. The first-order chi connectivity index (χ1) is 8.79. The summed E-state index contributed by atoms with van der Waals surface area (Å²) < 4.78 is 0. The van der Waals surface area contributed by atoms with E-state index in [-0.39, 0.29) is 11.3 Å². The van der Waals surface area contributed by atoms with Gasteiger partial charge in [0.15, 0.2) is 0 Å². The van der Waals surface area contributed by atoms with Gasteiger partial charge in [-0.1, -0.05) is 34.6 Å². The number of hydrogen-bond donors (Lipinski definition) is 2. The van der Waals surface area contributed by atoms with E-state index < -0.39 is 0 Å². The average Bonchev–Trinajstić information content (AvgIpc) is 2.74. The summed E-state index contributed by atoms with van der Waals surface area (Å²) in [5, 5.41) is 7.17. The number of nitrogens with one attached hydrogen (secondary N) is 2. The lowest BCUT2D eigenvalue weighted by Gasteiger charge is -2.13. The Kier molecular flexibility index (Phi) is 5.94. The molecule has 0 saturated carbocycles. The summed E-state index contributed by atoms with van der Waals surface area (Å²) in [6.07, 6.45) is 1.89. The van der Waals surface area contributed by atoms with Crippen molar-refractivity contribution >= 4 is 17.2 Å². The fourth-order valence-electron chi connectivity index (χ4n) is 1.42. The molecule has 2 N–H and O–H groups in total. The largest absolute Gasteiger partial charge is 0.355 e. The highest BCUT2D eigenvalue weighted by Crippen LogP contribution is 2.26. The second-order valence-corrected chi connectivity index (χ2v) is 7.30. The first-order valence-electron chi connectivity index (χ1n) is 6.71. The summed E-state index contributed by atoms with van der Waals surface area (Å²) >= 11 is 1.70. The van der Waals surface area contributed by atoms with E-state index in [0.717, 1.165) is 11.6 Å². The third-order valence-corrected chi connectivity index (χ3v) is 3.91. The van der Waals surface area contributed by atoms with Gasteiger partial charge in [-0.3, -0.25) is 4.79 Å². The number of hydrogen-bond acceptors (Lipinski definition) is 4. The molecule has 0 atom stereocenters. The zero-order valence-electron chi connectivity index (χ0n) is 12.5. The van der Waals surface area contributed by atoms with E-state index in [2.05, 4.69) is 50.2 Å². The molecule has 1 heterocycles. The van der Waals surface area contributed by atoms with Gasteiger partial charge in [-0.2, -0.15) is 0 Å². The number of amides is 1. The first kappa shape index (κ1) is 16.1. The van der Waals surface area contributed by atoms with Crippen molar-refractivity contribution in [3.8, 4) is 0 Å². The van der Waals surface area contributed by atoms with Crippen LogP contribution in [0, 0.1) is 5.92 Å². The van der Waals surface area contributed by atoms with Gasteiger partial charge >= 0.3 is 0 Å². The number of carbonyl (C=O) groups is 1. The van der Waals surface area contributed by atoms with Gasteiger partial charge in [0.25, 0.3) is 0 Å². The Morgan fingerprint density at radius 3 is 2.63 bits per heavy atom. The maximum Gasteiger partial charge on any atom is 0.233 e. The molecular weight excluding hydrogens is 258 g/mol. The van der Waals surface area contributed by atoms with Crippen LogP contribution in [0.2, 0.25) is 0 Å². The van der Waals surface area contributed by atoms with Crippen LogP contribution in [-0.4, -0.2) is 24.0 Å². The highest BCUT2D eigenvalue weighted by molar-refractivity contribution is 7.11. The maximum absolute atomic E-state index is 11.5. The molecule has 108 valence electrons. The van der Waals surface area contributed by atoms with Gasteiger partial charge < -0.3 is 10.6 Å². The van der Waals surface area contributed by atoms with Crippen LogP contribution < -0.4 is 10.6 Å². The van der Waals surface area contributed by atoms with Crippen molar-refractivity contribution in [1.29, 1.82) is 0 Å². The molecule has 0 unspecified atom stereocenters. The molecule has 5 heteroatoms. The average molecular weight is 283 g/mol. The van der Waals surface area contributed by atoms with Gasteiger partial charge in [0.2, 0.25) is 5.91 Å². The van der Waals surface area contributed by atoms with E-state index in [4.69, 9.17) is 0 Å². The number of rotatable bonds is 6. The molecule has 0 aliphatic rings. The molecular formula is C14H25N3OS. The second kappa shape index (κ2) is 7.01. The fourth-order valence-corrected chi connectivity index (χ4v) is 2.36. The molecule has 4 nitrogen and oxygen atoms in total. The minimum atomic E-state index is 0.0502. The van der Waals surface area contributed by atoms with Crippen molar-refractivity contribution in [2.45, 2.75) is 46.6 Å². The van der Waals surface area contributed by atoms with Gasteiger partial charge in [-0.05, 0) is 5.92 Å². The molecule has 0 spiro atoms. The Morgan fingerprint density at radius 2 is 2.11 bits per heavy atom. The SMILES string of the molecule is CC(C)CNC(=O)CNCc1cnc(C(C)(C)C)s1. The maximum atomic E-state index is 11.5. The molecule has 1 amide bonds. The smallest absolute Gasteiger partial charge is 0.233 e.